The molecule has 1 N–H and O–H groups in total. The molecule has 1 heterocycles. The lowest BCUT2D eigenvalue weighted by Gasteiger charge is -2.32. The summed E-state index contributed by atoms with van der Waals surface area (Å²) in [6.07, 6.45) is 1.98. The van der Waals surface area contributed by atoms with Gasteiger partial charge in [-0.3, -0.25) is 4.79 Å². The molecule has 1 aliphatic heterocycles. The Morgan fingerprint density at radius 2 is 1.78 bits per heavy atom. The summed E-state index contributed by atoms with van der Waals surface area (Å²) in [5.41, 5.74) is 1.02. The molecule has 1 saturated heterocycles. The quantitative estimate of drug-likeness (QED) is 0.872. The fourth-order valence-electron chi connectivity index (χ4n) is 3.10. The molecule has 124 valence electrons. The number of amides is 1. The molecule has 1 aliphatic carbocycles. The van der Waals surface area contributed by atoms with Crippen LogP contribution in [0, 0.1) is 11.8 Å². The van der Waals surface area contributed by atoms with Gasteiger partial charge in [-0.15, -0.1) is 0 Å². The second kappa shape index (κ2) is 5.64. The van der Waals surface area contributed by atoms with E-state index in [1.165, 1.54) is 0 Å². The highest BCUT2D eigenvalue weighted by molar-refractivity contribution is 6.62. The van der Waals surface area contributed by atoms with Gasteiger partial charge in [0.25, 0.3) is 0 Å². The van der Waals surface area contributed by atoms with Gasteiger partial charge in [-0.05, 0) is 64.1 Å². The third-order valence-electron chi connectivity index (χ3n) is 5.42. The molecule has 3 rings (SSSR count). The average Bonchev–Trinajstić information content (AvgIpc) is 2.64. The zero-order chi connectivity index (χ0) is 16.8. The van der Waals surface area contributed by atoms with Crippen molar-refractivity contribution in [2.75, 3.05) is 5.32 Å². The lowest BCUT2D eigenvalue weighted by atomic mass is 9.75. The van der Waals surface area contributed by atoms with Crippen molar-refractivity contribution in [1.29, 1.82) is 0 Å². The second-order valence-electron chi connectivity index (χ2n) is 7.98. The first-order chi connectivity index (χ1) is 10.7. The zero-order valence-corrected chi connectivity index (χ0v) is 14.7. The van der Waals surface area contributed by atoms with Gasteiger partial charge in [0.2, 0.25) is 5.91 Å². The van der Waals surface area contributed by atoms with E-state index in [1.807, 2.05) is 52.0 Å². The van der Waals surface area contributed by atoms with Crippen molar-refractivity contribution >= 4 is 24.2 Å². The van der Waals surface area contributed by atoms with Crippen molar-refractivity contribution in [2.45, 2.75) is 58.7 Å². The predicted octanol–water partition coefficient (Wildman–Crippen LogP) is 2.97. The standard InChI is InChI=1S/C18H26BNO3/c1-12-9-13(10-12)16(21)20-15-8-6-7-14(11-15)19-22-17(2,3)18(4,5)23-19/h6-8,11-13H,9-10H2,1-5H3,(H,20,21). The molecule has 4 nitrogen and oxygen atoms in total. The number of carbonyl (C=O) groups is 1. The summed E-state index contributed by atoms with van der Waals surface area (Å²) in [5, 5.41) is 3.02. The lowest BCUT2D eigenvalue weighted by Crippen LogP contribution is -2.41. The van der Waals surface area contributed by atoms with Crippen molar-refractivity contribution in [1.82, 2.24) is 0 Å². The highest BCUT2D eigenvalue weighted by atomic mass is 16.7. The summed E-state index contributed by atoms with van der Waals surface area (Å²) in [4.78, 5) is 12.2. The number of carbonyl (C=O) groups excluding carboxylic acids is 1. The molecule has 1 amide bonds. The zero-order valence-electron chi connectivity index (χ0n) is 14.7. The minimum absolute atomic E-state index is 0.120. The number of rotatable bonds is 3. The SMILES string of the molecule is CC1CC(C(=O)Nc2cccc(B3OC(C)(C)C(C)(C)O3)c2)C1. The van der Waals surface area contributed by atoms with E-state index in [2.05, 4.69) is 12.2 Å². The minimum atomic E-state index is -0.402. The molecule has 0 aromatic heterocycles. The maximum atomic E-state index is 12.2. The van der Waals surface area contributed by atoms with E-state index >= 15 is 0 Å². The van der Waals surface area contributed by atoms with E-state index in [0.717, 1.165) is 24.0 Å². The molecule has 5 heteroatoms. The normalized spacial score (nSPS) is 28.3. The molecule has 2 aliphatic rings. The Kier molecular flexibility index (Phi) is 4.05. The lowest BCUT2D eigenvalue weighted by molar-refractivity contribution is -0.123. The topological polar surface area (TPSA) is 47.6 Å². The summed E-state index contributed by atoms with van der Waals surface area (Å²) in [6, 6.07) is 7.76. The molecule has 23 heavy (non-hydrogen) atoms. The van der Waals surface area contributed by atoms with Gasteiger partial charge in [0.1, 0.15) is 0 Å². The van der Waals surface area contributed by atoms with E-state index in [9.17, 15) is 4.79 Å². The van der Waals surface area contributed by atoms with Gasteiger partial charge in [-0.25, -0.2) is 0 Å². The van der Waals surface area contributed by atoms with Crippen molar-refractivity contribution in [3.8, 4) is 0 Å². The van der Waals surface area contributed by atoms with Gasteiger partial charge >= 0.3 is 7.12 Å². The molecule has 0 bridgehead atoms. The molecular formula is C18H26BNO3. The molecule has 1 aromatic rings. The van der Waals surface area contributed by atoms with Gasteiger partial charge in [0.05, 0.1) is 11.2 Å². The summed E-state index contributed by atoms with van der Waals surface area (Å²) >= 11 is 0. The first-order valence-electron chi connectivity index (χ1n) is 8.44. The van der Waals surface area contributed by atoms with Crippen LogP contribution in [-0.2, 0) is 14.1 Å². The van der Waals surface area contributed by atoms with E-state index < -0.39 is 7.12 Å². The van der Waals surface area contributed by atoms with E-state index in [0.29, 0.717) is 5.92 Å². The van der Waals surface area contributed by atoms with Crippen LogP contribution in [0.5, 0.6) is 0 Å². The fraction of sp³-hybridized carbons (Fsp3) is 0.611. The van der Waals surface area contributed by atoms with Crippen molar-refractivity contribution in [3.05, 3.63) is 24.3 Å². The Morgan fingerprint density at radius 1 is 1.17 bits per heavy atom. The maximum absolute atomic E-state index is 12.2. The summed E-state index contributed by atoms with van der Waals surface area (Å²) < 4.78 is 12.1. The Balaban J connectivity index is 1.70. The van der Waals surface area contributed by atoms with Crippen LogP contribution in [0.3, 0.4) is 0 Å². The van der Waals surface area contributed by atoms with Crippen LogP contribution >= 0.6 is 0 Å². The van der Waals surface area contributed by atoms with Crippen molar-refractivity contribution < 1.29 is 14.1 Å². The smallest absolute Gasteiger partial charge is 0.399 e. The maximum Gasteiger partial charge on any atom is 0.494 e. The Bertz CT molecular complexity index is 592. The fourth-order valence-corrected chi connectivity index (χ4v) is 3.10. The van der Waals surface area contributed by atoms with Gasteiger partial charge in [0.15, 0.2) is 0 Å². The minimum Gasteiger partial charge on any atom is -0.399 e. The first kappa shape index (κ1) is 16.5. The molecule has 2 fully saturated rings. The number of anilines is 1. The molecule has 1 aromatic carbocycles. The van der Waals surface area contributed by atoms with Crippen LogP contribution in [0.15, 0.2) is 24.3 Å². The van der Waals surface area contributed by atoms with Crippen molar-refractivity contribution in [2.24, 2.45) is 11.8 Å². The molecule has 0 unspecified atom stereocenters. The Labute approximate surface area is 139 Å². The molecule has 0 atom stereocenters. The summed E-state index contributed by atoms with van der Waals surface area (Å²) in [7, 11) is -0.402. The molecule has 0 spiro atoms. The van der Waals surface area contributed by atoms with Gasteiger partial charge in [-0.1, -0.05) is 19.1 Å². The van der Waals surface area contributed by atoms with Crippen LogP contribution in [0.4, 0.5) is 5.69 Å². The van der Waals surface area contributed by atoms with E-state index in [4.69, 9.17) is 9.31 Å². The average molecular weight is 315 g/mol. The first-order valence-corrected chi connectivity index (χ1v) is 8.44. The van der Waals surface area contributed by atoms with Crippen LogP contribution < -0.4 is 10.8 Å². The highest BCUT2D eigenvalue weighted by Crippen LogP contribution is 2.37. The van der Waals surface area contributed by atoms with Crippen LogP contribution in [0.25, 0.3) is 0 Å². The third-order valence-corrected chi connectivity index (χ3v) is 5.42. The van der Waals surface area contributed by atoms with Crippen LogP contribution in [-0.4, -0.2) is 24.2 Å². The Hall–Kier alpha value is -1.33. The number of nitrogens with one attached hydrogen (secondary N) is 1. The largest absolute Gasteiger partial charge is 0.494 e. The van der Waals surface area contributed by atoms with Crippen molar-refractivity contribution in [3.63, 3.8) is 0 Å². The number of hydrogen-bond donors (Lipinski definition) is 1. The summed E-state index contributed by atoms with van der Waals surface area (Å²) in [5.74, 6) is 0.946. The van der Waals surface area contributed by atoms with Gasteiger partial charge in [-0.2, -0.15) is 0 Å². The van der Waals surface area contributed by atoms with Crippen LogP contribution in [0.1, 0.15) is 47.5 Å². The van der Waals surface area contributed by atoms with Crippen LogP contribution in [0.2, 0.25) is 0 Å². The third kappa shape index (κ3) is 3.17. The second-order valence-corrected chi connectivity index (χ2v) is 7.98. The number of benzene rings is 1. The predicted molar refractivity (Wildman–Crippen MR) is 92.7 cm³/mol. The molecule has 0 radical (unpaired) electrons. The number of hydrogen-bond acceptors (Lipinski definition) is 3. The van der Waals surface area contributed by atoms with Gasteiger partial charge < -0.3 is 14.6 Å². The molecular weight excluding hydrogens is 289 g/mol. The van der Waals surface area contributed by atoms with Gasteiger partial charge in [0, 0.05) is 11.6 Å². The molecule has 1 saturated carbocycles. The monoisotopic (exact) mass is 315 g/mol. The Morgan fingerprint density at radius 3 is 2.35 bits per heavy atom. The highest BCUT2D eigenvalue weighted by Gasteiger charge is 2.51. The van der Waals surface area contributed by atoms with E-state index in [-0.39, 0.29) is 23.0 Å². The summed E-state index contributed by atoms with van der Waals surface area (Å²) in [6.45, 7) is 10.3. The van der Waals surface area contributed by atoms with E-state index in [1.54, 1.807) is 0 Å².